The van der Waals surface area contributed by atoms with E-state index < -0.39 is 6.04 Å². The molecule has 2 aromatic carbocycles. The van der Waals surface area contributed by atoms with Gasteiger partial charge in [-0.25, -0.2) is 0 Å². The van der Waals surface area contributed by atoms with Gasteiger partial charge in [0.1, 0.15) is 6.04 Å². The summed E-state index contributed by atoms with van der Waals surface area (Å²) in [6.07, 6.45) is 5.96. The molecular formula is C29H33Cl2N3O4. The molecule has 0 unspecified atom stereocenters. The van der Waals surface area contributed by atoms with E-state index in [9.17, 15) is 19.2 Å². The normalized spacial score (nSPS) is 16.3. The molecule has 202 valence electrons. The number of rotatable bonds is 10. The molecule has 1 heterocycles. The van der Waals surface area contributed by atoms with Gasteiger partial charge in [0.15, 0.2) is 0 Å². The molecule has 38 heavy (non-hydrogen) atoms. The molecule has 7 nitrogen and oxygen atoms in total. The Morgan fingerprint density at radius 3 is 2.16 bits per heavy atom. The number of imide groups is 1. The molecule has 1 aliphatic heterocycles. The third-order valence-electron chi connectivity index (χ3n) is 7.38. The number of hydrogen-bond acceptors (Lipinski definition) is 4. The molecule has 1 N–H and O–H groups in total. The summed E-state index contributed by atoms with van der Waals surface area (Å²) in [4.78, 5) is 55.1. The highest BCUT2D eigenvalue weighted by molar-refractivity contribution is 6.36. The lowest BCUT2D eigenvalue weighted by Gasteiger charge is -2.33. The van der Waals surface area contributed by atoms with E-state index in [1.165, 1.54) is 16.2 Å². The number of hydrogen-bond donors (Lipinski definition) is 1. The Labute approximate surface area is 233 Å². The van der Waals surface area contributed by atoms with Crippen LogP contribution in [0.1, 0.15) is 84.6 Å². The van der Waals surface area contributed by atoms with Crippen molar-refractivity contribution >= 4 is 46.8 Å². The first-order valence-corrected chi connectivity index (χ1v) is 14.0. The predicted molar refractivity (Wildman–Crippen MR) is 147 cm³/mol. The zero-order chi connectivity index (χ0) is 27.2. The number of benzene rings is 2. The van der Waals surface area contributed by atoms with Crippen molar-refractivity contribution in [1.82, 2.24) is 15.1 Å². The minimum absolute atomic E-state index is 0.0582. The first-order valence-electron chi connectivity index (χ1n) is 13.3. The minimum Gasteiger partial charge on any atom is -0.352 e. The summed E-state index contributed by atoms with van der Waals surface area (Å²) in [6, 6.07) is 11.3. The first kappa shape index (κ1) is 28.1. The number of halogens is 2. The van der Waals surface area contributed by atoms with Crippen LogP contribution in [0.4, 0.5) is 0 Å². The monoisotopic (exact) mass is 557 g/mol. The van der Waals surface area contributed by atoms with Gasteiger partial charge in [0.25, 0.3) is 11.8 Å². The third-order valence-corrected chi connectivity index (χ3v) is 8.09. The van der Waals surface area contributed by atoms with Crippen LogP contribution in [-0.2, 0) is 16.1 Å². The second-order valence-corrected chi connectivity index (χ2v) is 10.7. The molecule has 0 radical (unpaired) electrons. The van der Waals surface area contributed by atoms with E-state index in [4.69, 9.17) is 23.2 Å². The fraction of sp³-hybridized carbons (Fsp3) is 0.448. The summed E-state index contributed by atoms with van der Waals surface area (Å²) in [6.45, 7) is 2.07. The first-order chi connectivity index (χ1) is 18.3. The van der Waals surface area contributed by atoms with Crippen molar-refractivity contribution < 1.29 is 19.2 Å². The lowest BCUT2D eigenvalue weighted by Crippen LogP contribution is -2.51. The summed E-state index contributed by atoms with van der Waals surface area (Å²) >= 11 is 12.8. The molecule has 2 aromatic rings. The number of carbonyl (C=O) groups is 4. The van der Waals surface area contributed by atoms with E-state index in [0.29, 0.717) is 33.2 Å². The standard InChI is InChI=1S/C29H33Cl2N3O4/c1-2-25(27(36)32-19-10-4-3-5-11-19)34(18-22-23(30)14-8-15-24(22)31)26(35)16-9-17-33-28(37)20-12-6-7-13-21(20)29(33)38/h6-8,12-15,19,25H,2-5,9-11,16-18H2,1H3,(H,32,36)/t25-/m1/s1. The van der Waals surface area contributed by atoms with E-state index in [2.05, 4.69) is 5.32 Å². The molecule has 1 fully saturated rings. The molecule has 0 bridgehead atoms. The zero-order valence-corrected chi connectivity index (χ0v) is 23.1. The van der Waals surface area contributed by atoms with Crippen LogP contribution in [0.2, 0.25) is 10.0 Å². The Bertz CT molecular complexity index is 1160. The molecule has 1 atom stereocenters. The van der Waals surface area contributed by atoms with Crippen LogP contribution in [-0.4, -0.2) is 52.1 Å². The van der Waals surface area contributed by atoms with Crippen LogP contribution in [0.3, 0.4) is 0 Å². The highest BCUT2D eigenvalue weighted by atomic mass is 35.5. The van der Waals surface area contributed by atoms with Crippen LogP contribution in [0.25, 0.3) is 0 Å². The number of nitrogens with zero attached hydrogens (tertiary/aromatic N) is 2. The summed E-state index contributed by atoms with van der Waals surface area (Å²) in [7, 11) is 0. The lowest BCUT2D eigenvalue weighted by atomic mass is 9.95. The second kappa shape index (κ2) is 12.8. The van der Waals surface area contributed by atoms with Crippen LogP contribution in [0.15, 0.2) is 42.5 Å². The third kappa shape index (κ3) is 6.21. The van der Waals surface area contributed by atoms with Gasteiger partial charge in [-0.2, -0.15) is 0 Å². The SMILES string of the molecule is CC[C@H](C(=O)NC1CCCCC1)N(Cc1c(Cl)cccc1Cl)C(=O)CCCN1C(=O)c2ccccc2C1=O. The average Bonchev–Trinajstić information content (AvgIpc) is 3.15. The van der Waals surface area contributed by atoms with Crippen LogP contribution in [0, 0.1) is 0 Å². The smallest absolute Gasteiger partial charge is 0.261 e. The second-order valence-electron chi connectivity index (χ2n) is 9.90. The van der Waals surface area contributed by atoms with E-state index >= 15 is 0 Å². The quantitative estimate of drug-likeness (QED) is 0.383. The van der Waals surface area contributed by atoms with Gasteiger partial charge in [-0.1, -0.05) is 67.6 Å². The Kier molecular flexibility index (Phi) is 9.44. The van der Waals surface area contributed by atoms with E-state index in [1.54, 1.807) is 42.5 Å². The van der Waals surface area contributed by atoms with Crippen molar-refractivity contribution in [3.63, 3.8) is 0 Å². The number of amides is 4. The van der Waals surface area contributed by atoms with Gasteiger partial charge in [0.05, 0.1) is 11.1 Å². The number of nitrogens with one attached hydrogen (secondary N) is 1. The van der Waals surface area contributed by atoms with Crippen molar-refractivity contribution in [3.05, 3.63) is 69.2 Å². The van der Waals surface area contributed by atoms with Crippen molar-refractivity contribution in [2.24, 2.45) is 0 Å². The van der Waals surface area contributed by atoms with E-state index in [1.807, 2.05) is 6.92 Å². The molecule has 9 heteroatoms. The van der Waals surface area contributed by atoms with Gasteiger partial charge >= 0.3 is 0 Å². The van der Waals surface area contributed by atoms with Gasteiger partial charge in [0.2, 0.25) is 11.8 Å². The van der Waals surface area contributed by atoms with Gasteiger partial charge in [-0.05, 0) is 49.9 Å². The number of carbonyl (C=O) groups excluding carboxylic acids is 4. The minimum atomic E-state index is -0.698. The average molecular weight is 559 g/mol. The van der Waals surface area contributed by atoms with Crippen molar-refractivity contribution in [2.75, 3.05) is 6.54 Å². The number of fused-ring (bicyclic) bond motifs is 1. The maximum atomic E-state index is 13.6. The topological polar surface area (TPSA) is 86.8 Å². The Morgan fingerprint density at radius 2 is 1.58 bits per heavy atom. The molecule has 4 rings (SSSR count). The fourth-order valence-electron chi connectivity index (χ4n) is 5.29. The van der Waals surface area contributed by atoms with Gasteiger partial charge in [-0.3, -0.25) is 24.1 Å². The lowest BCUT2D eigenvalue weighted by molar-refractivity contribution is -0.141. The molecule has 0 aromatic heterocycles. The zero-order valence-electron chi connectivity index (χ0n) is 21.6. The Balaban J connectivity index is 1.47. The Hall–Kier alpha value is -2.90. The highest BCUT2D eigenvalue weighted by Crippen LogP contribution is 2.28. The van der Waals surface area contributed by atoms with Crippen molar-refractivity contribution in [2.45, 2.75) is 76.9 Å². The van der Waals surface area contributed by atoms with Crippen molar-refractivity contribution in [3.8, 4) is 0 Å². The summed E-state index contributed by atoms with van der Waals surface area (Å²) < 4.78 is 0. The van der Waals surface area contributed by atoms with Crippen LogP contribution < -0.4 is 5.32 Å². The Morgan fingerprint density at radius 1 is 0.974 bits per heavy atom. The maximum Gasteiger partial charge on any atom is 0.261 e. The summed E-state index contributed by atoms with van der Waals surface area (Å²) in [5.74, 6) is -1.15. The molecule has 0 saturated heterocycles. The molecule has 1 saturated carbocycles. The maximum absolute atomic E-state index is 13.6. The predicted octanol–water partition coefficient (Wildman–Crippen LogP) is 5.63. The summed E-state index contributed by atoms with van der Waals surface area (Å²) in [5, 5.41) is 3.99. The fourth-order valence-corrected chi connectivity index (χ4v) is 5.81. The van der Waals surface area contributed by atoms with Gasteiger partial charge in [-0.15, -0.1) is 0 Å². The van der Waals surface area contributed by atoms with Gasteiger partial charge < -0.3 is 10.2 Å². The molecule has 0 spiro atoms. The molecule has 2 aliphatic rings. The highest BCUT2D eigenvalue weighted by Gasteiger charge is 2.35. The van der Waals surface area contributed by atoms with Gasteiger partial charge in [0, 0.05) is 41.2 Å². The molecule has 1 aliphatic carbocycles. The van der Waals surface area contributed by atoms with Crippen LogP contribution in [0.5, 0.6) is 0 Å². The van der Waals surface area contributed by atoms with Crippen molar-refractivity contribution in [1.29, 1.82) is 0 Å². The molecular weight excluding hydrogens is 525 g/mol. The summed E-state index contributed by atoms with van der Waals surface area (Å²) in [5.41, 5.74) is 1.34. The van der Waals surface area contributed by atoms with Crippen LogP contribution >= 0.6 is 23.2 Å². The molecule has 4 amide bonds. The van der Waals surface area contributed by atoms with E-state index in [-0.39, 0.29) is 55.6 Å². The van der Waals surface area contributed by atoms with E-state index in [0.717, 1.165) is 25.7 Å². The largest absolute Gasteiger partial charge is 0.352 e.